The Morgan fingerprint density at radius 1 is 0.630 bits per heavy atom. The molecule has 0 heterocycles. The van der Waals surface area contributed by atoms with Crippen molar-refractivity contribution in [1.29, 1.82) is 0 Å². The van der Waals surface area contributed by atoms with E-state index >= 15 is 0 Å². The van der Waals surface area contributed by atoms with Gasteiger partial charge in [-0.3, -0.25) is 0 Å². The molecule has 1 atom stereocenters. The van der Waals surface area contributed by atoms with Gasteiger partial charge in [0.15, 0.2) is 0 Å². The SMILES string of the molecule is CCCCCCCCCCCCCCCCCCSC[C@@H](O)C[N+](C)(C)C. The van der Waals surface area contributed by atoms with Gasteiger partial charge in [-0.1, -0.05) is 103 Å². The first-order valence-electron chi connectivity index (χ1n) is 12.0. The highest BCUT2D eigenvalue weighted by atomic mass is 32.2. The molecule has 0 unspecified atom stereocenters. The summed E-state index contributed by atoms with van der Waals surface area (Å²) >= 11 is 1.93. The molecule has 3 heteroatoms. The molecule has 0 aliphatic heterocycles. The van der Waals surface area contributed by atoms with E-state index in [9.17, 15) is 5.11 Å². The smallest absolute Gasteiger partial charge is 0.112 e. The Balaban J connectivity index is 3.11. The largest absolute Gasteiger partial charge is 0.386 e. The third-order valence-corrected chi connectivity index (χ3v) is 6.41. The Kier molecular flexibility index (Phi) is 19.8. The van der Waals surface area contributed by atoms with Crippen LogP contribution in [-0.4, -0.2) is 54.9 Å². The third kappa shape index (κ3) is 24.2. The predicted octanol–water partition coefficient (Wildman–Crippen LogP) is 7.05. The summed E-state index contributed by atoms with van der Waals surface area (Å²) in [5.41, 5.74) is 0. The lowest BCUT2D eigenvalue weighted by Gasteiger charge is -2.26. The van der Waals surface area contributed by atoms with E-state index in [4.69, 9.17) is 0 Å². The molecule has 0 rings (SSSR count). The number of nitrogens with zero attached hydrogens (tertiary/aromatic N) is 1. The van der Waals surface area contributed by atoms with Crippen molar-refractivity contribution in [2.75, 3.05) is 39.2 Å². The molecule has 2 nitrogen and oxygen atoms in total. The van der Waals surface area contributed by atoms with Crippen molar-refractivity contribution in [3.63, 3.8) is 0 Å². The van der Waals surface area contributed by atoms with Crippen LogP contribution in [0.1, 0.15) is 110 Å². The number of aliphatic hydroxyl groups excluding tert-OH is 1. The monoisotopic (exact) mass is 402 g/mol. The van der Waals surface area contributed by atoms with E-state index in [1.807, 2.05) is 11.8 Å². The molecule has 164 valence electrons. The number of hydrogen-bond acceptors (Lipinski definition) is 2. The molecule has 0 fully saturated rings. The molecule has 0 aliphatic carbocycles. The molecular formula is C24H52NOS+. The zero-order chi connectivity index (χ0) is 20.2. The minimum Gasteiger partial charge on any atom is -0.386 e. The van der Waals surface area contributed by atoms with Crippen molar-refractivity contribution < 1.29 is 9.59 Å². The van der Waals surface area contributed by atoms with Crippen molar-refractivity contribution in [2.24, 2.45) is 0 Å². The second-order valence-electron chi connectivity index (χ2n) is 9.50. The van der Waals surface area contributed by atoms with Crippen LogP contribution in [-0.2, 0) is 0 Å². The van der Waals surface area contributed by atoms with E-state index in [1.54, 1.807) is 0 Å². The molecule has 0 amide bonds. The average molecular weight is 403 g/mol. The Labute approximate surface area is 176 Å². The third-order valence-electron chi connectivity index (χ3n) is 5.21. The lowest BCUT2D eigenvalue weighted by molar-refractivity contribution is -0.873. The predicted molar refractivity (Wildman–Crippen MR) is 126 cm³/mol. The first kappa shape index (κ1) is 27.3. The number of quaternary nitrogens is 1. The maximum Gasteiger partial charge on any atom is 0.112 e. The van der Waals surface area contributed by atoms with Crippen LogP contribution >= 0.6 is 11.8 Å². The Morgan fingerprint density at radius 2 is 1.00 bits per heavy atom. The second kappa shape index (κ2) is 19.6. The number of likely N-dealkylation sites (N-methyl/N-ethyl adjacent to an activating group) is 1. The number of aliphatic hydroxyl groups is 1. The maximum atomic E-state index is 9.98. The summed E-state index contributed by atoms with van der Waals surface area (Å²) in [5.74, 6) is 2.11. The van der Waals surface area contributed by atoms with Crippen LogP contribution in [0, 0.1) is 0 Å². The number of hydrogen-bond donors (Lipinski definition) is 1. The molecule has 0 saturated heterocycles. The van der Waals surface area contributed by atoms with Crippen LogP contribution in [0.3, 0.4) is 0 Å². The quantitative estimate of drug-likeness (QED) is 0.164. The first-order chi connectivity index (χ1) is 13.0. The zero-order valence-electron chi connectivity index (χ0n) is 19.3. The summed E-state index contributed by atoms with van der Waals surface area (Å²) < 4.78 is 0.848. The van der Waals surface area contributed by atoms with E-state index in [0.29, 0.717) is 0 Å². The molecule has 1 N–H and O–H groups in total. The van der Waals surface area contributed by atoms with Gasteiger partial charge in [0.2, 0.25) is 0 Å². The molecule has 0 radical (unpaired) electrons. The summed E-state index contributed by atoms with van der Waals surface area (Å²) in [7, 11) is 6.43. The van der Waals surface area contributed by atoms with Crippen molar-refractivity contribution in [3.05, 3.63) is 0 Å². The number of thioether (sulfide) groups is 1. The summed E-state index contributed by atoms with van der Waals surface area (Å²) in [6.07, 6.45) is 22.7. The molecule has 0 saturated carbocycles. The van der Waals surface area contributed by atoms with Gasteiger partial charge in [0.25, 0.3) is 0 Å². The highest BCUT2D eigenvalue weighted by Crippen LogP contribution is 2.15. The molecule has 0 bridgehead atoms. The van der Waals surface area contributed by atoms with Crippen molar-refractivity contribution in [1.82, 2.24) is 0 Å². The van der Waals surface area contributed by atoms with Gasteiger partial charge in [0.05, 0.1) is 21.1 Å². The molecule has 0 aliphatic rings. The normalized spacial score (nSPS) is 13.2. The summed E-state index contributed by atoms with van der Waals surface area (Å²) in [4.78, 5) is 0. The van der Waals surface area contributed by atoms with Gasteiger partial charge in [-0.05, 0) is 12.2 Å². The molecular weight excluding hydrogens is 350 g/mol. The Bertz CT molecular complexity index is 291. The molecule has 0 aromatic rings. The van der Waals surface area contributed by atoms with Gasteiger partial charge in [0, 0.05) is 5.75 Å². The molecule has 0 aromatic heterocycles. The topological polar surface area (TPSA) is 20.2 Å². The van der Waals surface area contributed by atoms with E-state index < -0.39 is 0 Å². The lowest BCUT2D eigenvalue weighted by atomic mass is 10.0. The second-order valence-corrected chi connectivity index (χ2v) is 10.7. The van der Waals surface area contributed by atoms with Crippen LogP contribution in [0.15, 0.2) is 0 Å². The molecule has 0 spiro atoms. The first-order valence-corrected chi connectivity index (χ1v) is 13.2. The Morgan fingerprint density at radius 3 is 1.37 bits per heavy atom. The standard InChI is InChI=1S/C24H52NOS/c1-5-6-7-8-9-10-11-12-13-14-15-16-17-18-19-20-21-27-23-24(26)22-25(2,3)4/h24,26H,5-23H2,1-4H3/q+1/t24-/m0/s1. The van der Waals surface area contributed by atoms with Crippen molar-refractivity contribution >= 4 is 11.8 Å². The van der Waals surface area contributed by atoms with E-state index in [2.05, 4.69) is 28.1 Å². The summed E-state index contributed by atoms with van der Waals surface area (Å²) in [5, 5.41) is 9.98. The molecule has 27 heavy (non-hydrogen) atoms. The van der Waals surface area contributed by atoms with Gasteiger partial charge in [0.1, 0.15) is 12.6 Å². The van der Waals surface area contributed by atoms with E-state index in [0.717, 1.165) is 16.8 Å². The van der Waals surface area contributed by atoms with E-state index in [1.165, 1.54) is 108 Å². The minimum atomic E-state index is -0.156. The highest BCUT2D eigenvalue weighted by molar-refractivity contribution is 7.99. The fourth-order valence-electron chi connectivity index (χ4n) is 3.66. The number of rotatable bonds is 21. The van der Waals surface area contributed by atoms with E-state index in [-0.39, 0.29) is 6.10 Å². The highest BCUT2D eigenvalue weighted by Gasteiger charge is 2.14. The Hall–Kier alpha value is 0.270. The van der Waals surface area contributed by atoms with Crippen molar-refractivity contribution in [2.45, 2.75) is 116 Å². The zero-order valence-corrected chi connectivity index (χ0v) is 20.1. The fourth-order valence-corrected chi connectivity index (χ4v) is 4.61. The van der Waals surface area contributed by atoms with Gasteiger partial charge in [-0.15, -0.1) is 0 Å². The van der Waals surface area contributed by atoms with Crippen LogP contribution in [0.5, 0.6) is 0 Å². The van der Waals surface area contributed by atoms with Gasteiger partial charge >= 0.3 is 0 Å². The molecule has 0 aromatic carbocycles. The minimum absolute atomic E-state index is 0.156. The van der Waals surface area contributed by atoms with Gasteiger partial charge < -0.3 is 9.59 Å². The summed E-state index contributed by atoms with van der Waals surface area (Å²) in [6, 6.07) is 0. The van der Waals surface area contributed by atoms with Crippen LogP contribution in [0.25, 0.3) is 0 Å². The maximum absolute atomic E-state index is 9.98. The average Bonchev–Trinajstić information content (AvgIpc) is 2.59. The van der Waals surface area contributed by atoms with Crippen molar-refractivity contribution in [3.8, 4) is 0 Å². The summed E-state index contributed by atoms with van der Waals surface area (Å²) in [6.45, 7) is 3.15. The lowest BCUT2D eigenvalue weighted by Crippen LogP contribution is -2.42. The van der Waals surface area contributed by atoms with Crippen LogP contribution < -0.4 is 0 Å². The van der Waals surface area contributed by atoms with Crippen LogP contribution in [0.4, 0.5) is 0 Å². The van der Waals surface area contributed by atoms with Crippen LogP contribution in [0.2, 0.25) is 0 Å². The number of unbranched alkanes of at least 4 members (excludes halogenated alkanes) is 15. The van der Waals surface area contributed by atoms with Gasteiger partial charge in [-0.25, -0.2) is 0 Å². The van der Waals surface area contributed by atoms with Gasteiger partial charge in [-0.2, -0.15) is 11.8 Å². The fraction of sp³-hybridized carbons (Fsp3) is 1.00.